The molecule has 6 nitrogen and oxygen atoms in total. The molecule has 4 aromatic rings. The van der Waals surface area contributed by atoms with Crippen LogP contribution in [0.3, 0.4) is 0 Å². The summed E-state index contributed by atoms with van der Waals surface area (Å²) in [4.78, 5) is 28.4. The number of phenolic OH excluding ortho intramolecular Hbond substituents is 2. The van der Waals surface area contributed by atoms with Crippen LogP contribution in [0.2, 0.25) is 0 Å². The Morgan fingerprint density at radius 3 is 2.05 bits per heavy atom. The van der Waals surface area contributed by atoms with E-state index in [2.05, 4.69) is 0 Å². The summed E-state index contributed by atoms with van der Waals surface area (Å²) in [6.45, 7) is 7.28. The highest BCUT2D eigenvalue weighted by atomic mass is 32.2. The molecule has 1 saturated heterocycles. The molecule has 1 aliphatic rings. The van der Waals surface area contributed by atoms with Crippen LogP contribution in [0.15, 0.2) is 71.6 Å². The largest absolute Gasteiger partial charge is 0.507 e. The molecule has 1 heterocycles. The van der Waals surface area contributed by atoms with Gasteiger partial charge in [0.25, 0.3) is 0 Å². The second-order valence-electron chi connectivity index (χ2n) is 11.8. The van der Waals surface area contributed by atoms with Crippen molar-refractivity contribution in [3.63, 3.8) is 0 Å². The summed E-state index contributed by atoms with van der Waals surface area (Å²) in [5, 5.41) is 23.5. The van der Waals surface area contributed by atoms with E-state index < -0.39 is 22.8 Å². The molecule has 0 aromatic heterocycles. The fourth-order valence-electron chi connectivity index (χ4n) is 5.73. The molecule has 0 bridgehead atoms. The molecular formula is C34H37O6S+. The summed E-state index contributed by atoms with van der Waals surface area (Å²) in [7, 11) is 0.0458. The zero-order chi connectivity index (χ0) is 29.4. The van der Waals surface area contributed by atoms with E-state index >= 15 is 0 Å². The van der Waals surface area contributed by atoms with Crippen molar-refractivity contribution in [1.82, 2.24) is 0 Å². The van der Waals surface area contributed by atoms with Crippen molar-refractivity contribution in [2.75, 3.05) is 11.5 Å². The van der Waals surface area contributed by atoms with Crippen LogP contribution in [-0.4, -0.2) is 33.7 Å². The summed E-state index contributed by atoms with van der Waals surface area (Å²) >= 11 is 0. The fraction of sp³-hybridized carbons (Fsp3) is 0.353. The Morgan fingerprint density at radius 1 is 0.756 bits per heavy atom. The van der Waals surface area contributed by atoms with Gasteiger partial charge in [-0.2, -0.15) is 0 Å². The molecule has 4 aromatic carbocycles. The van der Waals surface area contributed by atoms with Crippen molar-refractivity contribution < 1.29 is 29.3 Å². The molecule has 7 heteroatoms. The van der Waals surface area contributed by atoms with Gasteiger partial charge in [-0.05, 0) is 76.8 Å². The molecule has 0 saturated carbocycles. The molecule has 214 valence electrons. The first-order chi connectivity index (χ1) is 19.5. The van der Waals surface area contributed by atoms with E-state index in [0.29, 0.717) is 34.1 Å². The van der Waals surface area contributed by atoms with Crippen LogP contribution in [0.5, 0.6) is 23.0 Å². The SMILES string of the molecule is CCC(C)(CC(C)(C)C(=O)Oc1cccc2c(O)cccc12)C(=O)Oc1cccc2c(O)ccc([S+]3CCCC3)c12. The van der Waals surface area contributed by atoms with Crippen LogP contribution in [0.25, 0.3) is 21.5 Å². The first-order valence-corrected chi connectivity index (χ1v) is 15.7. The van der Waals surface area contributed by atoms with E-state index in [9.17, 15) is 19.8 Å². The Bertz CT molecular complexity index is 1620. The van der Waals surface area contributed by atoms with Gasteiger partial charge in [-0.15, -0.1) is 0 Å². The number of phenols is 2. The molecule has 41 heavy (non-hydrogen) atoms. The van der Waals surface area contributed by atoms with Gasteiger partial charge in [-0.25, -0.2) is 0 Å². The second kappa shape index (κ2) is 11.3. The molecule has 1 fully saturated rings. The van der Waals surface area contributed by atoms with Gasteiger partial charge in [0.1, 0.15) is 34.5 Å². The molecule has 0 spiro atoms. The average molecular weight is 574 g/mol. The molecule has 0 radical (unpaired) electrons. The fourth-order valence-corrected chi connectivity index (χ4v) is 8.24. The minimum atomic E-state index is -1.02. The molecule has 1 unspecified atom stereocenters. The van der Waals surface area contributed by atoms with Gasteiger partial charge in [0, 0.05) is 27.1 Å². The Kier molecular flexibility index (Phi) is 7.93. The number of ether oxygens (including phenoxy) is 2. The quantitative estimate of drug-likeness (QED) is 0.129. The van der Waals surface area contributed by atoms with Gasteiger partial charge < -0.3 is 19.7 Å². The standard InChI is InChI=1S/C34H36O6S/c1-5-34(4,21-33(2,3)31(37)39-27-15-9-11-22-23(27)12-8-14-25(22)35)32(38)40-28-16-10-13-24-26(36)17-18-29(30(24)28)41-19-6-7-20-41/h8-18H,5-7,19-21H2,1-4H3,(H-,35,36)/p+1. The molecular weight excluding hydrogens is 536 g/mol. The third kappa shape index (κ3) is 5.60. The van der Waals surface area contributed by atoms with Gasteiger partial charge in [-0.3, -0.25) is 9.59 Å². The van der Waals surface area contributed by atoms with Crippen molar-refractivity contribution in [3.8, 4) is 23.0 Å². The monoisotopic (exact) mass is 573 g/mol. The molecule has 1 atom stereocenters. The first-order valence-electron chi connectivity index (χ1n) is 14.1. The van der Waals surface area contributed by atoms with E-state index in [-0.39, 0.29) is 28.8 Å². The number of fused-ring (bicyclic) bond motifs is 2. The Hall–Kier alpha value is -3.71. The molecule has 0 amide bonds. The lowest BCUT2D eigenvalue weighted by Crippen LogP contribution is -2.40. The van der Waals surface area contributed by atoms with E-state index in [1.165, 1.54) is 12.8 Å². The number of hydrogen-bond donors (Lipinski definition) is 2. The van der Waals surface area contributed by atoms with Gasteiger partial charge >= 0.3 is 11.9 Å². The number of aromatic hydroxyl groups is 2. The summed E-state index contributed by atoms with van der Waals surface area (Å²) in [5.74, 6) is 2.37. The Morgan fingerprint density at radius 2 is 1.34 bits per heavy atom. The maximum absolute atomic E-state index is 13.8. The van der Waals surface area contributed by atoms with Crippen LogP contribution in [0.1, 0.15) is 53.4 Å². The smallest absolute Gasteiger partial charge is 0.317 e. The number of rotatable bonds is 8. The van der Waals surface area contributed by atoms with Crippen LogP contribution in [0, 0.1) is 10.8 Å². The summed E-state index contributed by atoms with van der Waals surface area (Å²) in [5.41, 5.74) is -2.00. The molecule has 2 N–H and O–H groups in total. The topological polar surface area (TPSA) is 93.1 Å². The maximum atomic E-state index is 13.8. The van der Waals surface area contributed by atoms with Crippen molar-refractivity contribution in [3.05, 3.63) is 66.7 Å². The van der Waals surface area contributed by atoms with Crippen molar-refractivity contribution >= 4 is 44.4 Å². The third-order valence-electron chi connectivity index (χ3n) is 8.21. The summed E-state index contributed by atoms with van der Waals surface area (Å²) in [6.07, 6.45) is 3.01. The van der Waals surface area contributed by atoms with Crippen molar-refractivity contribution in [1.29, 1.82) is 0 Å². The Labute approximate surface area is 243 Å². The van der Waals surface area contributed by atoms with Gasteiger partial charge in [0.2, 0.25) is 0 Å². The highest BCUT2D eigenvalue weighted by Gasteiger charge is 2.44. The second-order valence-corrected chi connectivity index (χ2v) is 14.0. The van der Waals surface area contributed by atoms with Crippen molar-refractivity contribution in [2.24, 2.45) is 10.8 Å². The van der Waals surface area contributed by atoms with Gasteiger partial charge in [0.15, 0.2) is 4.90 Å². The third-order valence-corrected chi connectivity index (χ3v) is 10.7. The minimum absolute atomic E-state index is 0.0458. The average Bonchev–Trinajstić information content (AvgIpc) is 3.49. The Balaban J connectivity index is 1.40. The lowest BCUT2D eigenvalue weighted by atomic mass is 9.72. The number of carbonyl (C=O) groups excluding carboxylic acids is 2. The lowest BCUT2D eigenvalue weighted by molar-refractivity contribution is -0.152. The minimum Gasteiger partial charge on any atom is -0.507 e. The van der Waals surface area contributed by atoms with Crippen LogP contribution in [-0.2, 0) is 20.5 Å². The normalized spacial score (nSPS) is 15.6. The highest BCUT2D eigenvalue weighted by Crippen LogP contribution is 2.43. The van der Waals surface area contributed by atoms with Gasteiger partial charge in [0.05, 0.1) is 16.2 Å². The summed E-state index contributed by atoms with van der Waals surface area (Å²) < 4.78 is 12.0. The van der Waals surface area contributed by atoms with E-state index in [1.54, 1.807) is 68.4 Å². The summed E-state index contributed by atoms with van der Waals surface area (Å²) in [6, 6.07) is 19.4. The highest BCUT2D eigenvalue weighted by molar-refractivity contribution is 7.97. The number of hydrogen-bond acceptors (Lipinski definition) is 6. The number of esters is 2. The van der Waals surface area contributed by atoms with Crippen LogP contribution < -0.4 is 9.47 Å². The predicted octanol–water partition coefficient (Wildman–Crippen LogP) is 7.52. The van der Waals surface area contributed by atoms with Crippen LogP contribution in [0.4, 0.5) is 0 Å². The van der Waals surface area contributed by atoms with Gasteiger partial charge in [-0.1, -0.05) is 43.3 Å². The maximum Gasteiger partial charge on any atom is 0.317 e. The lowest BCUT2D eigenvalue weighted by Gasteiger charge is -2.33. The zero-order valence-corrected chi connectivity index (χ0v) is 24.8. The van der Waals surface area contributed by atoms with E-state index in [4.69, 9.17) is 9.47 Å². The van der Waals surface area contributed by atoms with Crippen molar-refractivity contribution in [2.45, 2.75) is 58.3 Å². The van der Waals surface area contributed by atoms with E-state index in [1.807, 2.05) is 26.0 Å². The first kappa shape index (κ1) is 28.8. The van der Waals surface area contributed by atoms with E-state index in [0.717, 1.165) is 21.8 Å². The zero-order valence-electron chi connectivity index (χ0n) is 24.0. The molecule has 1 aliphatic heterocycles. The number of benzene rings is 4. The molecule has 0 aliphatic carbocycles. The molecule has 5 rings (SSSR count). The van der Waals surface area contributed by atoms with Crippen LogP contribution >= 0.6 is 0 Å². The number of carbonyl (C=O) groups is 2. The predicted molar refractivity (Wildman–Crippen MR) is 164 cm³/mol.